The van der Waals surface area contributed by atoms with Crippen LogP contribution in [0.3, 0.4) is 0 Å². The summed E-state index contributed by atoms with van der Waals surface area (Å²) in [5.41, 5.74) is 3.89. The number of nitrogens with zero attached hydrogens (tertiary/aromatic N) is 2. The minimum absolute atomic E-state index is 0.770. The number of rotatable bonds is 16. The van der Waals surface area contributed by atoms with Gasteiger partial charge in [-0.1, -0.05) is 92.4 Å². The lowest BCUT2D eigenvalue weighted by molar-refractivity contribution is 0.372. The summed E-state index contributed by atoms with van der Waals surface area (Å²) in [6.07, 6.45) is 16.1. The molecule has 1 aliphatic heterocycles. The lowest BCUT2D eigenvalue weighted by Gasteiger charge is -2.19. The lowest BCUT2D eigenvalue weighted by Crippen LogP contribution is -2.14. The molecule has 0 bridgehead atoms. The number of pyridine rings is 1. The number of methoxy groups -OCH3 is 1. The minimum Gasteiger partial charge on any atom is -0.495 e. The third kappa shape index (κ3) is 9.13. The Morgan fingerprint density at radius 2 is 1.33 bits per heavy atom. The molecule has 0 radical (unpaired) electrons. The molecule has 0 aromatic carbocycles. The Labute approximate surface area is 206 Å². The minimum atomic E-state index is 0.770. The van der Waals surface area contributed by atoms with E-state index in [2.05, 4.69) is 53.5 Å². The lowest BCUT2D eigenvalue weighted by atomic mass is 9.89. The van der Waals surface area contributed by atoms with Crippen molar-refractivity contribution in [1.82, 2.24) is 4.98 Å². The van der Waals surface area contributed by atoms with Crippen molar-refractivity contribution in [2.75, 3.05) is 25.6 Å². The van der Waals surface area contributed by atoms with Gasteiger partial charge >= 0.3 is 0 Å². The third-order valence-electron chi connectivity index (χ3n) is 7.93. The van der Waals surface area contributed by atoms with Crippen LogP contribution in [0.5, 0.6) is 5.75 Å². The second-order valence-electron chi connectivity index (χ2n) is 11.7. The van der Waals surface area contributed by atoms with Crippen molar-refractivity contribution in [3.8, 4) is 5.75 Å². The number of likely N-dealkylation sites (N-methyl/N-ethyl adjacent to an activating group) is 1. The normalized spacial score (nSPS) is 16.2. The maximum atomic E-state index is 5.79. The van der Waals surface area contributed by atoms with Crippen molar-refractivity contribution in [3.05, 3.63) is 16.8 Å². The molecule has 3 atom stereocenters. The second-order valence-corrected chi connectivity index (χ2v) is 11.7. The molecule has 0 saturated heterocycles. The first-order chi connectivity index (χ1) is 15.7. The van der Waals surface area contributed by atoms with Crippen LogP contribution in [-0.2, 0) is 12.8 Å². The fraction of sp³-hybridized carbons (Fsp3) is 0.833. The molecule has 0 saturated carbocycles. The molecule has 1 aliphatic rings. The fourth-order valence-electron chi connectivity index (χ4n) is 5.59. The first-order valence-corrected chi connectivity index (χ1v) is 14.0. The van der Waals surface area contributed by atoms with Crippen molar-refractivity contribution in [2.24, 2.45) is 23.7 Å². The van der Waals surface area contributed by atoms with Crippen molar-refractivity contribution in [2.45, 2.75) is 119 Å². The van der Waals surface area contributed by atoms with Gasteiger partial charge in [0.25, 0.3) is 0 Å². The Kier molecular flexibility index (Phi) is 12.1. The number of anilines is 1. The largest absolute Gasteiger partial charge is 0.495 e. The molecule has 190 valence electrons. The highest BCUT2D eigenvalue weighted by molar-refractivity contribution is 5.60. The summed E-state index contributed by atoms with van der Waals surface area (Å²) in [7, 11) is 3.96. The Balaban J connectivity index is 1.67. The number of aromatic nitrogens is 1. The topological polar surface area (TPSA) is 25.4 Å². The molecular weight excluding hydrogens is 404 g/mol. The Morgan fingerprint density at radius 1 is 0.818 bits per heavy atom. The van der Waals surface area contributed by atoms with Crippen LogP contribution < -0.4 is 9.64 Å². The van der Waals surface area contributed by atoms with E-state index in [1.54, 1.807) is 7.11 Å². The Hall–Kier alpha value is -1.25. The summed E-state index contributed by atoms with van der Waals surface area (Å²) >= 11 is 0. The maximum Gasteiger partial charge on any atom is 0.143 e. The SMILES string of the molecule is COc1c(C)nc2c(c1CCC(C)CCCC(C)CCCC(C)CCCC(C)C)CCN2C. The second kappa shape index (κ2) is 14.2. The number of aryl methyl sites for hydroxylation is 1. The highest BCUT2D eigenvalue weighted by atomic mass is 16.5. The van der Waals surface area contributed by atoms with E-state index in [9.17, 15) is 0 Å². The van der Waals surface area contributed by atoms with Gasteiger partial charge in [-0.25, -0.2) is 4.98 Å². The average Bonchev–Trinajstić information content (AvgIpc) is 3.11. The van der Waals surface area contributed by atoms with Crippen LogP contribution in [0.25, 0.3) is 0 Å². The molecule has 0 spiro atoms. The monoisotopic (exact) mass is 458 g/mol. The van der Waals surface area contributed by atoms with Crippen molar-refractivity contribution < 1.29 is 4.74 Å². The molecule has 2 heterocycles. The highest BCUT2D eigenvalue weighted by Crippen LogP contribution is 2.37. The van der Waals surface area contributed by atoms with E-state index in [-0.39, 0.29) is 0 Å². The van der Waals surface area contributed by atoms with Gasteiger partial charge in [0, 0.05) is 24.7 Å². The van der Waals surface area contributed by atoms with Crippen LogP contribution in [0, 0.1) is 30.6 Å². The zero-order valence-electron chi connectivity index (χ0n) is 23.3. The zero-order chi connectivity index (χ0) is 24.4. The molecule has 1 aromatic rings. The van der Waals surface area contributed by atoms with Gasteiger partial charge in [-0.15, -0.1) is 0 Å². The summed E-state index contributed by atoms with van der Waals surface area (Å²) in [6.45, 7) is 15.2. The predicted octanol–water partition coefficient (Wildman–Crippen LogP) is 8.40. The predicted molar refractivity (Wildman–Crippen MR) is 145 cm³/mol. The number of hydrogen-bond acceptors (Lipinski definition) is 3. The molecule has 3 heteroatoms. The molecule has 0 amide bonds. The van der Waals surface area contributed by atoms with Gasteiger partial charge in [-0.3, -0.25) is 0 Å². The number of hydrogen-bond donors (Lipinski definition) is 0. The molecule has 3 nitrogen and oxygen atoms in total. The standard InChI is InChI=1S/C30H54N2O/c1-22(2)12-9-13-23(3)14-10-15-24(4)16-11-17-25(5)18-19-27-28-20-21-32(7)30(28)31-26(6)29(27)33-8/h22-25H,9-21H2,1-8H3. The summed E-state index contributed by atoms with van der Waals surface area (Å²) in [6, 6.07) is 0. The molecule has 1 aromatic heterocycles. The highest BCUT2D eigenvalue weighted by Gasteiger charge is 2.25. The maximum absolute atomic E-state index is 5.79. The smallest absolute Gasteiger partial charge is 0.143 e. The van der Waals surface area contributed by atoms with Crippen LogP contribution in [-0.4, -0.2) is 25.7 Å². The van der Waals surface area contributed by atoms with Crippen molar-refractivity contribution in [3.63, 3.8) is 0 Å². The van der Waals surface area contributed by atoms with Gasteiger partial charge in [0.2, 0.25) is 0 Å². The summed E-state index contributed by atoms with van der Waals surface area (Å²) < 4.78 is 5.79. The van der Waals surface area contributed by atoms with Gasteiger partial charge in [-0.2, -0.15) is 0 Å². The Morgan fingerprint density at radius 3 is 1.85 bits per heavy atom. The van der Waals surface area contributed by atoms with Gasteiger partial charge < -0.3 is 9.64 Å². The van der Waals surface area contributed by atoms with Gasteiger partial charge in [0.05, 0.1) is 12.8 Å². The fourth-order valence-corrected chi connectivity index (χ4v) is 5.59. The number of ether oxygens (including phenoxy) is 1. The van der Waals surface area contributed by atoms with Crippen LogP contribution in [0.4, 0.5) is 5.82 Å². The quantitative estimate of drug-likeness (QED) is 0.249. The van der Waals surface area contributed by atoms with Gasteiger partial charge in [0.15, 0.2) is 0 Å². The summed E-state index contributed by atoms with van der Waals surface area (Å²) in [4.78, 5) is 7.11. The van der Waals surface area contributed by atoms with E-state index < -0.39 is 0 Å². The molecule has 33 heavy (non-hydrogen) atoms. The Bertz CT molecular complexity index is 699. The molecule has 0 fully saturated rings. The van der Waals surface area contributed by atoms with Crippen LogP contribution in [0.15, 0.2) is 0 Å². The van der Waals surface area contributed by atoms with Crippen molar-refractivity contribution >= 4 is 5.82 Å². The van der Waals surface area contributed by atoms with Crippen LogP contribution >= 0.6 is 0 Å². The molecule has 0 N–H and O–H groups in total. The first kappa shape index (κ1) is 28.0. The first-order valence-electron chi connectivity index (χ1n) is 14.0. The molecule has 3 unspecified atom stereocenters. The molecular formula is C30H54N2O. The van der Waals surface area contributed by atoms with Gasteiger partial charge in [-0.05, 0) is 49.9 Å². The molecule has 2 rings (SSSR count). The van der Waals surface area contributed by atoms with E-state index >= 15 is 0 Å². The zero-order valence-corrected chi connectivity index (χ0v) is 23.3. The summed E-state index contributed by atoms with van der Waals surface area (Å²) in [5, 5.41) is 0. The van der Waals surface area contributed by atoms with E-state index in [1.807, 2.05) is 0 Å². The van der Waals surface area contributed by atoms with Crippen molar-refractivity contribution in [1.29, 1.82) is 0 Å². The van der Waals surface area contributed by atoms with E-state index in [0.717, 1.165) is 54.5 Å². The molecule has 0 aliphatic carbocycles. The third-order valence-corrected chi connectivity index (χ3v) is 7.93. The van der Waals surface area contributed by atoms with Crippen LogP contribution in [0.2, 0.25) is 0 Å². The number of fused-ring (bicyclic) bond motifs is 1. The average molecular weight is 459 g/mol. The summed E-state index contributed by atoms with van der Waals surface area (Å²) in [5.74, 6) is 5.62. The van der Waals surface area contributed by atoms with Gasteiger partial charge in [0.1, 0.15) is 11.6 Å². The van der Waals surface area contributed by atoms with E-state index in [1.165, 1.54) is 81.2 Å². The van der Waals surface area contributed by atoms with Crippen LogP contribution in [0.1, 0.15) is 116 Å². The van der Waals surface area contributed by atoms with E-state index in [0.29, 0.717) is 0 Å². The van der Waals surface area contributed by atoms with E-state index in [4.69, 9.17) is 9.72 Å².